The molecule has 0 aliphatic rings. The third kappa shape index (κ3) is 5.40. The first-order valence-electron chi connectivity index (χ1n) is 10.7. The van der Waals surface area contributed by atoms with Crippen LogP contribution in [0.15, 0.2) is 53.2 Å². The third-order valence-corrected chi connectivity index (χ3v) is 7.48. The molecule has 188 valence electrons. The second kappa shape index (κ2) is 10.9. The molecule has 2 aromatic carbocycles. The van der Waals surface area contributed by atoms with E-state index < -0.39 is 27.6 Å². The molecule has 0 spiro atoms. The molecule has 0 amide bonds. The largest absolute Gasteiger partial charge is 0.462 e. The monoisotopic (exact) mass is 525 g/mol. The number of hydrogen-bond acceptors (Lipinski definition) is 5. The maximum atomic E-state index is 14.9. The van der Waals surface area contributed by atoms with Gasteiger partial charge in [-0.3, -0.25) is 0 Å². The minimum Gasteiger partial charge on any atom is -0.462 e. The Morgan fingerprint density at radius 2 is 1.97 bits per heavy atom. The lowest BCUT2D eigenvalue weighted by molar-refractivity contribution is 0.0521. The van der Waals surface area contributed by atoms with Gasteiger partial charge in [0, 0.05) is 37.3 Å². The normalized spacial score (nSPS) is 12.5. The van der Waals surface area contributed by atoms with E-state index >= 15 is 0 Å². The smallest absolute Gasteiger partial charge is 0.341 e. The first-order chi connectivity index (χ1) is 16.5. The van der Waals surface area contributed by atoms with Crippen LogP contribution in [0.3, 0.4) is 0 Å². The third-order valence-electron chi connectivity index (χ3n) is 5.52. The molecule has 0 saturated carbocycles. The van der Waals surface area contributed by atoms with Gasteiger partial charge in [0.2, 0.25) is 10.0 Å². The van der Waals surface area contributed by atoms with Gasteiger partial charge in [-0.05, 0) is 61.5 Å². The summed E-state index contributed by atoms with van der Waals surface area (Å²) >= 11 is 5.41. The number of fused-ring (bicyclic) bond motifs is 1. The quantitative estimate of drug-likeness (QED) is 0.321. The van der Waals surface area contributed by atoms with Gasteiger partial charge in [0.25, 0.3) is 0 Å². The first-order valence-corrected chi connectivity index (χ1v) is 12.5. The van der Waals surface area contributed by atoms with Crippen LogP contribution < -0.4 is 4.84 Å². The van der Waals surface area contributed by atoms with Gasteiger partial charge in [0.15, 0.2) is 0 Å². The Morgan fingerprint density at radius 1 is 1.26 bits per heavy atom. The Balaban J connectivity index is 2.32. The van der Waals surface area contributed by atoms with Crippen molar-refractivity contribution in [2.75, 3.05) is 27.2 Å². The molecule has 3 rings (SSSR count). The summed E-state index contributed by atoms with van der Waals surface area (Å²) in [6.45, 7) is 3.27. The van der Waals surface area contributed by atoms with Crippen molar-refractivity contribution >= 4 is 38.7 Å². The lowest BCUT2D eigenvalue weighted by atomic mass is 10.0. The maximum absolute atomic E-state index is 14.9. The van der Waals surface area contributed by atoms with Crippen LogP contribution in [0.4, 0.5) is 8.78 Å². The fourth-order valence-electron chi connectivity index (χ4n) is 3.82. The summed E-state index contributed by atoms with van der Waals surface area (Å²) in [5.41, 5.74) is 1.69. The molecule has 0 aliphatic carbocycles. The standard InChI is InChI=1S/C24H26ClF2N3O4S/c1-5-34-24(31)19-12-20-22(13-21(19)27)30(14-17(26)9-10-28-25)15(2)23(20)16-7-6-8-18(11-16)35(32,33)29(3)4/h6-9,11-13,28H,5,10,14H2,1-4H3/b17-9-. The highest BCUT2D eigenvalue weighted by Crippen LogP contribution is 2.37. The van der Waals surface area contributed by atoms with Crippen molar-refractivity contribution in [2.24, 2.45) is 0 Å². The van der Waals surface area contributed by atoms with Crippen LogP contribution in [-0.2, 0) is 21.3 Å². The van der Waals surface area contributed by atoms with E-state index in [1.54, 1.807) is 30.5 Å². The molecule has 35 heavy (non-hydrogen) atoms. The second-order valence-corrected chi connectivity index (χ2v) is 10.3. The van der Waals surface area contributed by atoms with E-state index in [-0.39, 0.29) is 30.2 Å². The van der Waals surface area contributed by atoms with Crippen molar-refractivity contribution in [1.82, 2.24) is 13.7 Å². The van der Waals surface area contributed by atoms with Gasteiger partial charge in [-0.1, -0.05) is 12.1 Å². The van der Waals surface area contributed by atoms with Gasteiger partial charge < -0.3 is 9.30 Å². The average molecular weight is 526 g/mol. The van der Waals surface area contributed by atoms with E-state index in [0.29, 0.717) is 27.7 Å². The Morgan fingerprint density at radius 3 is 2.60 bits per heavy atom. The highest BCUT2D eigenvalue weighted by molar-refractivity contribution is 7.89. The number of halogens is 3. The molecule has 7 nitrogen and oxygen atoms in total. The molecule has 0 saturated heterocycles. The summed E-state index contributed by atoms with van der Waals surface area (Å²) in [5.74, 6) is -2.15. The first kappa shape index (κ1) is 26.8. The number of allylic oxidation sites excluding steroid dienone is 1. The predicted molar refractivity (Wildman–Crippen MR) is 132 cm³/mol. The van der Waals surface area contributed by atoms with Gasteiger partial charge in [0.1, 0.15) is 11.6 Å². The molecule has 1 aromatic heterocycles. The van der Waals surface area contributed by atoms with Crippen molar-refractivity contribution in [3.05, 3.63) is 65.4 Å². The van der Waals surface area contributed by atoms with Crippen molar-refractivity contribution in [1.29, 1.82) is 0 Å². The number of benzene rings is 2. The van der Waals surface area contributed by atoms with Crippen LogP contribution in [0.2, 0.25) is 0 Å². The molecule has 0 atom stereocenters. The second-order valence-electron chi connectivity index (χ2n) is 7.92. The van der Waals surface area contributed by atoms with Crippen molar-refractivity contribution in [3.8, 4) is 11.1 Å². The summed E-state index contributed by atoms with van der Waals surface area (Å²) in [7, 11) is -0.870. The van der Waals surface area contributed by atoms with E-state index in [1.165, 1.54) is 38.4 Å². The summed E-state index contributed by atoms with van der Waals surface area (Å²) in [4.78, 5) is 14.7. The molecule has 1 heterocycles. The van der Waals surface area contributed by atoms with Gasteiger partial charge >= 0.3 is 5.97 Å². The summed E-state index contributed by atoms with van der Waals surface area (Å²) < 4.78 is 62.6. The topological polar surface area (TPSA) is 80.6 Å². The fourth-order valence-corrected chi connectivity index (χ4v) is 4.84. The van der Waals surface area contributed by atoms with Crippen LogP contribution in [0, 0.1) is 12.7 Å². The number of ether oxygens (including phenoxy) is 1. The minimum absolute atomic E-state index is 0.0623. The van der Waals surface area contributed by atoms with Crippen molar-refractivity contribution in [2.45, 2.75) is 25.3 Å². The predicted octanol–water partition coefficient (Wildman–Crippen LogP) is 4.78. The lowest BCUT2D eigenvalue weighted by Gasteiger charge is -2.13. The van der Waals surface area contributed by atoms with Crippen LogP contribution in [0.5, 0.6) is 0 Å². The van der Waals surface area contributed by atoms with Crippen LogP contribution in [0.1, 0.15) is 23.0 Å². The molecule has 0 aliphatic heterocycles. The molecule has 3 aromatic rings. The van der Waals surface area contributed by atoms with E-state index in [1.807, 2.05) is 0 Å². The zero-order chi connectivity index (χ0) is 25.9. The molecular formula is C24H26ClF2N3O4S. The number of hydrogen-bond donors (Lipinski definition) is 1. The highest BCUT2D eigenvalue weighted by atomic mass is 35.5. The molecule has 0 bridgehead atoms. The summed E-state index contributed by atoms with van der Waals surface area (Å²) in [6.07, 6.45) is 1.26. The number of esters is 1. The highest BCUT2D eigenvalue weighted by Gasteiger charge is 2.24. The van der Waals surface area contributed by atoms with E-state index in [0.717, 1.165) is 10.4 Å². The Hall–Kier alpha value is -2.79. The summed E-state index contributed by atoms with van der Waals surface area (Å²) in [6, 6.07) is 8.79. The van der Waals surface area contributed by atoms with E-state index in [2.05, 4.69) is 4.84 Å². The Labute approximate surface area is 208 Å². The van der Waals surface area contributed by atoms with Crippen LogP contribution >= 0.6 is 11.8 Å². The van der Waals surface area contributed by atoms with Gasteiger partial charge in [-0.25, -0.2) is 31.1 Å². The zero-order valence-corrected chi connectivity index (χ0v) is 21.3. The number of carbonyl (C=O) groups is 1. The lowest BCUT2D eigenvalue weighted by Crippen LogP contribution is -2.22. The zero-order valence-electron chi connectivity index (χ0n) is 19.7. The number of nitrogens with zero attached hydrogens (tertiary/aromatic N) is 2. The minimum atomic E-state index is -3.73. The molecule has 0 unspecified atom stereocenters. The molecule has 11 heteroatoms. The Bertz CT molecular complexity index is 1400. The number of carbonyl (C=O) groups excluding carboxylic acids is 1. The Kier molecular flexibility index (Phi) is 8.32. The number of sulfonamides is 1. The fraction of sp³-hybridized carbons (Fsp3) is 0.292. The number of rotatable bonds is 9. The van der Waals surface area contributed by atoms with Crippen molar-refractivity contribution in [3.63, 3.8) is 0 Å². The summed E-state index contributed by atoms with van der Waals surface area (Å²) in [5, 5.41) is 0.453. The van der Waals surface area contributed by atoms with Crippen LogP contribution in [-0.4, -0.2) is 50.5 Å². The number of aromatic nitrogens is 1. The molecule has 0 fully saturated rings. The molecule has 0 radical (unpaired) electrons. The van der Waals surface area contributed by atoms with Gasteiger partial charge in [-0.2, -0.15) is 0 Å². The number of nitrogens with one attached hydrogen (secondary N) is 1. The van der Waals surface area contributed by atoms with Crippen LogP contribution in [0.25, 0.3) is 22.0 Å². The van der Waals surface area contributed by atoms with Crippen molar-refractivity contribution < 1.29 is 26.7 Å². The molecular weight excluding hydrogens is 500 g/mol. The average Bonchev–Trinajstić information content (AvgIpc) is 3.07. The SMILES string of the molecule is CCOC(=O)c1cc2c(-c3cccc(S(=O)(=O)N(C)C)c3)c(C)n(C/C(F)=C/CNCl)c2cc1F. The molecule has 1 N–H and O–H groups in total. The van der Waals surface area contributed by atoms with E-state index in [9.17, 15) is 22.0 Å². The van der Waals surface area contributed by atoms with Gasteiger partial charge in [0.05, 0.1) is 29.1 Å². The van der Waals surface area contributed by atoms with Gasteiger partial charge in [-0.15, -0.1) is 0 Å². The van der Waals surface area contributed by atoms with E-state index in [4.69, 9.17) is 16.5 Å². The maximum Gasteiger partial charge on any atom is 0.341 e.